The van der Waals surface area contributed by atoms with E-state index in [0.29, 0.717) is 12.5 Å². The molecule has 0 aliphatic heterocycles. The molecule has 0 saturated carbocycles. The quantitative estimate of drug-likeness (QED) is 0.484. The van der Waals surface area contributed by atoms with Gasteiger partial charge in [0.25, 0.3) is 0 Å². The molecule has 2 atom stereocenters. The molecule has 0 radical (unpaired) electrons. The first-order valence-corrected chi connectivity index (χ1v) is 5.92. The fourth-order valence-electron chi connectivity index (χ4n) is 1.62. The summed E-state index contributed by atoms with van der Waals surface area (Å²) >= 11 is 0. The third-order valence-corrected chi connectivity index (χ3v) is 2.74. The highest BCUT2D eigenvalue weighted by Gasteiger charge is 2.19. The van der Waals surface area contributed by atoms with E-state index in [-0.39, 0.29) is 11.9 Å². The van der Waals surface area contributed by atoms with Gasteiger partial charge in [-0.15, -0.1) is 0 Å². The summed E-state index contributed by atoms with van der Waals surface area (Å²) in [6, 6.07) is 0. The zero-order valence-electron chi connectivity index (χ0n) is 10.9. The Bertz CT molecular complexity index is 260. The molecule has 2 unspecified atom stereocenters. The van der Waals surface area contributed by atoms with Crippen molar-refractivity contribution in [1.82, 2.24) is 0 Å². The first-order valence-electron chi connectivity index (χ1n) is 5.92. The summed E-state index contributed by atoms with van der Waals surface area (Å²) in [5, 5.41) is 0. The van der Waals surface area contributed by atoms with Crippen LogP contribution in [-0.4, -0.2) is 25.7 Å². The number of carbonyl (C=O) groups excluding carboxylic acids is 2. The molecule has 4 nitrogen and oxygen atoms in total. The lowest BCUT2D eigenvalue weighted by Gasteiger charge is -2.17. The van der Waals surface area contributed by atoms with Gasteiger partial charge in [0, 0.05) is 6.08 Å². The first kappa shape index (κ1) is 15.7. The lowest BCUT2D eigenvalue weighted by atomic mass is 9.92. The monoisotopic (exact) mass is 242 g/mol. The Morgan fingerprint density at radius 1 is 1.41 bits per heavy atom. The summed E-state index contributed by atoms with van der Waals surface area (Å²) in [5.41, 5.74) is 0. The van der Waals surface area contributed by atoms with Crippen LogP contribution < -0.4 is 0 Å². The SMILES string of the molecule is C=CC(=O)OCCC(C)CC(CC)C(=O)OC. The molecule has 0 aliphatic rings. The normalized spacial score (nSPS) is 13.6. The van der Waals surface area contributed by atoms with Gasteiger partial charge in [-0.25, -0.2) is 4.79 Å². The molecule has 0 aromatic heterocycles. The van der Waals surface area contributed by atoms with E-state index >= 15 is 0 Å². The van der Waals surface area contributed by atoms with E-state index in [0.717, 1.165) is 25.3 Å². The van der Waals surface area contributed by atoms with Gasteiger partial charge in [-0.3, -0.25) is 4.79 Å². The fraction of sp³-hybridized carbons (Fsp3) is 0.692. The summed E-state index contributed by atoms with van der Waals surface area (Å²) in [6.45, 7) is 7.68. The minimum atomic E-state index is -0.405. The van der Waals surface area contributed by atoms with E-state index in [2.05, 4.69) is 6.58 Å². The Labute approximate surface area is 103 Å². The fourth-order valence-corrected chi connectivity index (χ4v) is 1.62. The number of ether oxygens (including phenoxy) is 2. The molecule has 0 spiro atoms. The van der Waals surface area contributed by atoms with Gasteiger partial charge < -0.3 is 9.47 Å². The van der Waals surface area contributed by atoms with Gasteiger partial charge in [-0.2, -0.15) is 0 Å². The zero-order chi connectivity index (χ0) is 13.3. The third-order valence-electron chi connectivity index (χ3n) is 2.74. The largest absolute Gasteiger partial charge is 0.469 e. The highest BCUT2D eigenvalue weighted by atomic mass is 16.5. The maximum absolute atomic E-state index is 11.4. The van der Waals surface area contributed by atoms with Crippen LogP contribution in [0.2, 0.25) is 0 Å². The van der Waals surface area contributed by atoms with Gasteiger partial charge in [0.2, 0.25) is 0 Å². The van der Waals surface area contributed by atoms with E-state index in [9.17, 15) is 9.59 Å². The van der Waals surface area contributed by atoms with Crippen LogP contribution in [0, 0.1) is 11.8 Å². The average Bonchev–Trinajstić information content (AvgIpc) is 2.34. The standard InChI is InChI=1S/C13H22O4/c1-5-11(13(15)16-4)9-10(3)7-8-17-12(14)6-2/h6,10-11H,2,5,7-9H2,1,3-4H3. The van der Waals surface area contributed by atoms with Crippen LogP contribution in [0.25, 0.3) is 0 Å². The summed E-state index contributed by atoms with van der Waals surface area (Å²) < 4.78 is 9.62. The number of hydrogen-bond donors (Lipinski definition) is 0. The van der Waals surface area contributed by atoms with Crippen molar-refractivity contribution in [2.24, 2.45) is 11.8 Å². The molecule has 0 aromatic carbocycles. The second-order valence-electron chi connectivity index (χ2n) is 4.13. The molecule has 0 amide bonds. The molecule has 0 bridgehead atoms. The molecule has 17 heavy (non-hydrogen) atoms. The predicted octanol–water partition coefficient (Wildman–Crippen LogP) is 2.33. The van der Waals surface area contributed by atoms with E-state index in [1.807, 2.05) is 13.8 Å². The van der Waals surface area contributed by atoms with Gasteiger partial charge in [-0.1, -0.05) is 20.4 Å². The molecule has 98 valence electrons. The van der Waals surface area contributed by atoms with Crippen LogP contribution in [0.15, 0.2) is 12.7 Å². The van der Waals surface area contributed by atoms with Crippen molar-refractivity contribution in [2.75, 3.05) is 13.7 Å². The maximum Gasteiger partial charge on any atom is 0.330 e. The topological polar surface area (TPSA) is 52.6 Å². The molecule has 0 heterocycles. The number of carbonyl (C=O) groups is 2. The third kappa shape index (κ3) is 6.76. The van der Waals surface area contributed by atoms with E-state index < -0.39 is 5.97 Å². The molecule has 0 aromatic rings. The van der Waals surface area contributed by atoms with Crippen molar-refractivity contribution < 1.29 is 19.1 Å². The van der Waals surface area contributed by atoms with Crippen LogP contribution in [0.5, 0.6) is 0 Å². The Morgan fingerprint density at radius 2 is 2.06 bits per heavy atom. The molecule has 4 heteroatoms. The van der Waals surface area contributed by atoms with Crippen LogP contribution >= 0.6 is 0 Å². The summed E-state index contributed by atoms with van der Waals surface area (Å²) in [5.74, 6) is -0.318. The molecule has 0 fully saturated rings. The van der Waals surface area contributed by atoms with Crippen molar-refractivity contribution in [1.29, 1.82) is 0 Å². The number of methoxy groups -OCH3 is 1. The smallest absolute Gasteiger partial charge is 0.330 e. The van der Waals surface area contributed by atoms with Gasteiger partial charge in [-0.05, 0) is 25.2 Å². The average molecular weight is 242 g/mol. The second-order valence-corrected chi connectivity index (χ2v) is 4.13. The minimum Gasteiger partial charge on any atom is -0.469 e. The molecule has 0 saturated heterocycles. The first-order chi connectivity index (χ1) is 8.04. The zero-order valence-corrected chi connectivity index (χ0v) is 10.9. The van der Waals surface area contributed by atoms with Crippen LogP contribution in [0.1, 0.15) is 33.1 Å². The minimum absolute atomic E-state index is 0.0647. The van der Waals surface area contributed by atoms with Gasteiger partial charge in [0.05, 0.1) is 19.6 Å². The Morgan fingerprint density at radius 3 is 2.53 bits per heavy atom. The number of esters is 2. The van der Waals surface area contributed by atoms with Gasteiger partial charge in [0.15, 0.2) is 0 Å². The van der Waals surface area contributed by atoms with Crippen molar-refractivity contribution in [2.45, 2.75) is 33.1 Å². The lowest BCUT2D eigenvalue weighted by molar-refractivity contribution is -0.146. The lowest BCUT2D eigenvalue weighted by Crippen LogP contribution is -2.19. The highest BCUT2D eigenvalue weighted by molar-refractivity contribution is 5.81. The van der Waals surface area contributed by atoms with Crippen molar-refractivity contribution >= 4 is 11.9 Å². The predicted molar refractivity (Wildman–Crippen MR) is 65.4 cm³/mol. The Balaban J connectivity index is 3.90. The van der Waals surface area contributed by atoms with Gasteiger partial charge >= 0.3 is 11.9 Å². The van der Waals surface area contributed by atoms with Crippen molar-refractivity contribution in [3.05, 3.63) is 12.7 Å². The summed E-state index contributed by atoms with van der Waals surface area (Å²) in [7, 11) is 1.40. The van der Waals surface area contributed by atoms with Gasteiger partial charge in [0.1, 0.15) is 0 Å². The van der Waals surface area contributed by atoms with Crippen LogP contribution in [0.3, 0.4) is 0 Å². The Kier molecular flexibility index (Phi) is 8.11. The molecular weight excluding hydrogens is 220 g/mol. The number of hydrogen-bond acceptors (Lipinski definition) is 4. The van der Waals surface area contributed by atoms with Crippen LogP contribution in [-0.2, 0) is 19.1 Å². The molecule has 0 rings (SSSR count). The van der Waals surface area contributed by atoms with Crippen molar-refractivity contribution in [3.63, 3.8) is 0 Å². The van der Waals surface area contributed by atoms with E-state index in [4.69, 9.17) is 9.47 Å². The molecule has 0 aliphatic carbocycles. The van der Waals surface area contributed by atoms with Crippen LogP contribution in [0.4, 0.5) is 0 Å². The second kappa shape index (κ2) is 8.79. The summed E-state index contributed by atoms with van der Waals surface area (Å²) in [4.78, 5) is 22.2. The molecule has 0 N–H and O–H groups in total. The van der Waals surface area contributed by atoms with Crippen molar-refractivity contribution in [3.8, 4) is 0 Å². The summed E-state index contributed by atoms with van der Waals surface area (Å²) in [6.07, 6.45) is 3.42. The molecular formula is C13H22O4. The van der Waals surface area contributed by atoms with E-state index in [1.54, 1.807) is 0 Å². The highest BCUT2D eigenvalue weighted by Crippen LogP contribution is 2.19. The maximum atomic E-state index is 11.4. The Hall–Kier alpha value is -1.32. The van der Waals surface area contributed by atoms with E-state index in [1.165, 1.54) is 7.11 Å². The number of rotatable bonds is 8.